The van der Waals surface area contributed by atoms with Crippen LogP contribution >= 0.6 is 0 Å². The zero-order valence-corrected chi connectivity index (χ0v) is 17.6. The van der Waals surface area contributed by atoms with E-state index in [1.807, 2.05) is 32.0 Å². The second-order valence-corrected chi connectivity index (χ2v) is 7.74. The molecular weight excluding hydrogens is 383 g/mol. The number of para-hydroxylation sites is 1. The number of carbonyl (C=O) groups is 2. The molecule has 1 aliphatic rings. The van der Waals surface area contributed by atoms with Crippen LogP contribution in [0.25, 0.3) is 0 Å². The Morgan fingerprint density at radius 3 is 2.03 bits per heavy atom. The third-order valence-electron chi connectivity index (χ3n) is 5.38. The van der Waals surface area contributed by atoms with Crippen LogP contribution in [0.15, 0.2) is 42.5 Å². The molecule has 7 heteroatoms. The Kier molecular flexibility index (Phi) is 7.54. The number of rotatable bonds is 7. The predicted octanol–water partition coefficient (Wildman–Crippen LogP) is 2.32. The van der Waals surface area contributed by atoms with Crippen LogP contribution in [0.5, 0.6) is 0 Å². The summed E-state index contributed by atoms with van der Waals surface area (Å²) in [5.41, 5.74) is 3.46. The number of hydrogen-bond donors (Lipinski definition) is 2. The first-order valence-corrected chi connectivity index (χ1v) is 10.2. The smallest absolute Gasteiger partial charge is 0.238 e. The Bertz CT molecular complexity index is 874. The quantitative estimate of drug-likeness (QED) is 0.733. The second kappa shape index (κ2) is 10.3. The minimum absolute atomic E-state index is 0.0246. The molecule has 2 N–H and O–H groups in total. The van der Waals surface area contributed by atoms with E-state index in [1.165, 1.54) is 6.07 Å². The van der Waals surface area contributed by atoms with Crippen LogP contribution in [0.1, 0.15) is 16.7 Å². The maximum atomic E-state index is 13.6. The molecule has 0 spiro atoms. The fourth-order valence-electron chi connectivity index (χ4n) is 3.59. The van der Waals surface area contributed by atoms with E-state index >= 15 is 0 Å². The van der Waals surface area contributed by atoms with Crippen LogP contribution in [-0.4, -0.2) is 60.9 Å². The average molecular weight is 413 g/mol. The Balaban J connectivity index is 1.38. The van der Waals surface area contributed by atoms with Gasteiger partial charge in [0.2, 0.25) is 11.8 Å². The van der Waals surface area contributed by atoms with Crippen molar-refractivity contribution in [2.45, 2.75) is 20.4 Å². The van der Waals surface area contributed by atoms with E-state index < -0.39 is 0 Å². The summed E-state index contributed by atoms with van der Waals surface area (Å²) < 4.78 is 13.6. The zero-order chi connectivity index (χ0) is 21.5. The molecule has 1 saturated heterocycles. The van der Waals surface area contributed by atoms with Gasteiger partial charge in [-0.1, -0.05) is 36.4 Å². The number of nitrogens with zero attached hydrogens (tertiary/aromatic N) is 2. The van der Waals surface area contributed by atoms with Gasteiger partial charge < -0.3 is 10.6 Å². The lowest BCUT2D eigenvalue weighted by atomic mass is 10.1. The maximum Gasteiger partial charge on any atom is 0.238 e. The Labute approximate surface area is 177 Å². The van der Waals surface area contributed by atoms with Crippen LogP contribution in [0.3, 0.4) is 0 Å². The van der Waals surface area contributed by atoms with Crippen LogP contribution in [0.4, 0.5) is 10.1 Å². The van der Waals surface area contributed by atoms with Gasteiger partial charge in [0, 0.05) is 44.0 Å². The second-order valence-electron chi connectivity index (χ2n) is 7.74. The average Bonchev–Trinajstić information content (AvgIpc) is 2.72. The summed E-state index contributed by atoms with van der Waals surface area (Å²) in [5, 5.41) is 5.79. The van der Waals surface area contributed by atoms with E-state index in [9.17, 15) is 14.0 Å². The number of benzene rings is 2. The molecule has 3 rings (SSSR count). The molecule has 0 radical (unpaired) electrons. The fourth-order valence-corrected chi connectivity index (χ4v) is 3.59. The van der Waals surface area contributed by atoms with Crippen molar-refractivity contribution in [2.24, 2.45) is 0 Å². The molecule has 0 atom stereocenters. The first kappa shape index (κ1) is 21.9. The number of aryl methyl sites for hydroxylation is 2. The number of amides is 2. The van der Waals surface area contributed by atoms with Crippen LogP contribution in [0.2, 0.25) is 0 Å². The van der Waals surface area contributed by atoms with Crippen LogP contribution < -0.4 is 10.6 Å². The number of nitrogens with one attached hydrogen (secondary N) is 2. The highest BCUT2D eigenvalue weighted by molar-refractivity contribution is 5.93. The molecule has 6 nitrogen and oxygen atoms in total. The minimum atomic E-state index is -0.314. The lowest BCUT2D eigenvalue weighted by Gasteiger charge is -2.33. The van der Waals surface area contributed by atoms with E-state index in [2.05, 4.69) is 20.4 Å². The van der Waals surface area contributed by atoms with Crippen LogP contribution in [0, 0.1) is 19.7 Å². The first-order chi connectivity index (χ1) is 14.4. The van der Waals surface area contributed by atoms with Crippen molar-refractivity contribution in [1.29, 1.82) is 0 Å². The van der Waals surface area contributed by atoms with Gasteiger partial charge in [-0.15, -0.1) is 0 Å². The number of hydrogen-bond acceptors (Lipinski definition) is 4. The number of halogens is 1. The van der Waals surface area contributed by atoms with Gasteiger partial charge in [0.05, 0.1) is 13.1 Å². The summed E-state index contributed by atoms with van der Waals surface area (Å²) in [6, 6.07) is 12.4. The SMILES string of the molecule is Cc1cccc(C)c1NC(=O)CN1CCN(CC(=O)NCc2ccccc2F)CC1. The molecule has 2 aromatic rings. The van der Waals surface area contributed by atoms with Crippen molar-refractivity contribution < 1.29 is 14.0 Å². The first-order valence-electron chi connectivity index (χ1n) is 10.2. The van der Waals surface area contributed by atoms with Gasteiger partial charge in [0.1, 0.15) is 5.82 Å². The third-order valence-corrected chi connectivity index (χ3v) is 5.38. The molecule has 0 bridgehead atoms. The van der Waals surface area contributed by atoms with Crippen molar-refractivity contribution in [3.8, 4) is 0 Å². The van der Waals surface area contributed by atoms with E-state index in [0.29, 0.717) is 25.2 Å². The summed E-state index contributed by atoms with van der Waals surface area (Å²) in [4.78, 5) is 28.7. The molecule has 30 heavy (non-hydrogen) atoms. The third kappa shape index (κ3) is 6.11. The van der Waals surface area contributed by atoms with Gasteiger partial charge in [-0.2, -0.15) is 0 Å². The number of carbonyl (C=O) groups excluding carboxylic acids is 2. The molecule has 1 aliphatic heterocycles. The molecule has 1 heterocycles. The normalized spacial score (nSPS) is 15.0. The molecule has 160 valence electrons. The maximum absolute atomic E-state index is 13.6. The van der Waals surface area contributed by atoms with Crippen molar-refractivity contribution in [1.82, 2.24) is 15.1 Å². The van der Waals surface area contributed by atoms with Gasteiger partial charge in [-0.25, -0.2) is 4.39 Å². The number of anilines is 1. The fraction of sp³-hybridized carbons (Fsp3) is 0.391. The summed E-state index contributed by atoms with van der Waals surface area (Å²) in [6.45, 7) is 7.63. The standard InChI is InChI=1S/C23H29FN4O2/c1-17-6-5-7-18(2)23(17)26-22(30)16-28-12-10-27(11-13-28)15-21(29)25-14-19-8-3-4-9-20(19)24/h3-9H,10-16H2,1-2H3,(H,25,29)(H,26,30). The van der Waals surface area contributed by atoms with E-state index in [-0.39, 0.29) is 30.7 Å². The van der Waals surface area contributed by atoms with Crippen molar-refractivity contribution in [2.75, 3.05) is 44.6 Å². The highest BCUT2D eigenvalue weighted by atomic mass is 19.1. The molecule has 0 aliphatic carbocycles. The summed E-state index contributed by atoms with van der Waals surface area (Å²) in [5.74, 6) is -0.464. The van der Waals surface area contributed by atoms with Gasteiger partial charge in [-0.05, 0) is 31.0 Å². The lowest BCUT2D eigenvalue weighted by Crippen LogP contribution is -2.51. The van der Waals surface area contributed by atoms with Crippen molar-refractivity contribution in [3.05, 3.63) is 65.0 Å². The van der Waals surface area contributed by atoms with Gasteiger partial charge in [-0.3, -0.25) is 19.4 Å². The summed E-state index contributed by atoms with van der Waals surface area (Å²) in [7, 11) is 0. The monoisotopic (exact) mass is 412 g/mol. The largest absolute Gasteiger partial charge is 0.351 e. The summed E-state index contributed by atoms with van der Waals surface area (Å²) >= 11 is 0. The van der Waals surface area contributed by atoms with Crippen molar-refractivity contribution >= 4 is 17.5 Å². The molecule has 2 aromatic carbocycles. The highest BCUT2D eigenvalue weighted by Gasteiger charge is 2.21. The molecule has 0 aromatic heterocycles. The molecular formula is C23H29FN4O2. The topological polar surface area (TPSA) is 64.7 Å². The number of piperazine rings is 1. The lowest BCUT2D eigenvalue weighted by molar-refractivity contribution is -0.123. The summed E-state index contributed by atoms with van der Waals surface area (Å²) in [6.07, 6.45) is 0. The highest BCUT2D eigenvalue weighted by Crippen LogP contribution is 2.19. The zero-order valence-electron chi connectivity index (χ0n) is 17.6. The van der Waals surface area contributed by atoms with Gasteiger partial charge in [0.15, 0.2) is 0 Å². The van der Waals surface area contributed by atoms with E-state index in [0.717, 1.165) is 29.9 Å². The molecule has 2 amide bonds. The Morgan fingerprint density at radius 2 is 1.43 bits per heavy atom. The van der Waals surface area contributed by atoms with Gasteiger partial charge in [0.25, 0.3) is 0 Å². The molecule has 1 fully saturated rings. The Hall–Kier alpha value is -2.77. The van der Waals surface area contributed by atoms with E-state index in [1.54, 1.807) is 18.2 Å². The predicted molar refractivity (Wildman–Crippen MR) is 116 cm³/mol. The minimum Gasteiger partial charge on any atom is -0.351 e. The Morgan fingerprint density at radius 1 is 0.867 bits per heavy atom. The van der Waals surface area contributed by atoms with Gasteiger partial charge >= 0.3 is 0 Å². The van der Waals surface area contributed by atoms with Crippen molar-refractivity contribution in [3.63, 3.8) is 0 Å². The molecule has 0 unspecified atom stereocenters. The van der Waals surface area contributed by atoms with E-state index in [4.69, 9.17) is 0 Å². The molecule has 0 saturated carbocycles. The van der Waals surface area contributed by atoms with Crippen LogP contribution in [-0.2, 0) is 16.1 Å².